The second-order valence-corrected chi connectivity index (χ2v) is 7.19. The van der Waals surface area contributed by atoms with E-state index in [1.165, 1.54) is 0 Å². The maximum absolute atomic E-state index is 12.1. The lowest BCUT2D eigenvalue weighted by atomic mass is 9.92. The molecular formula is C20H33N5O. The average Bonchev–Trinajstić information content (AvgIpc) is 2.67. The van der Waals surface area contributed by atoms with Crippen LogP contribution in [-0.2, 0) is 4.79 Å². The SMILES string of the molecule is CNCCCNC(=O)C(C)=NC(C)C(=N)N1/C=C/C=C\C=C\C(C)(C)C1. The zero-order valence-corrected chi connectivity index (χ0v) is 16.7. The zero-order valence-electron chi connectivity index (χ0n) is 16.7. The predicted molar refractivity (Wildman–Crippen MR) is 110 cm³/mol. The lowest BCUT2D eigenvalue weighted by molar-refractivity contribution is -0.114. The van der Waals surface area contributed by atoms with Crippen molar-refractivity contribution in [3.63, 3.8) is 0 Å². The molecule has 1 aliphatic heterocycles. The normalized spacial score (nSPS) is 21.7. The summed E-state index contributed by atoms with van der Waals surface area (Å²) < 4.78 is 0. The molecule has 0 saturated heterocycles. The van der Waals surface area contributed by atoms with E-state index in [9.17, 15) is 4.79 Å². The molecule has 0 aromatic rings. The third kappa shape index (κ3) is 7.78. The first kappa shape index (κ1) is 21.8. The number of carbonyl (C=O) groups excluding carboxylic acids is 1. The van der Waals surface area contributed by atoms with Gasteiger partial charge in [-0.25, -0.2) is 0 Å². The van der Waals surface area contributed by atoms with Gasteiger partial charge >= 0.3 is 0 Å². The molecule has 0 bridgehead atoms. The Morgan fingerprint density at radius 2 is 1.96 bits per heavy atom. The summed E-state index contributed by atoms with van der Waals surface area (Å²) >= 11 is 0. The Hall–Kier alpha value is -2.21. The average molecular weight is 360 g/mol. The summed E-state index contributed by atoms with van der Waals surface area (Å²) in [4.78, 5) is 18.4. The Labute approximate surface area is 157 Å². The first-order valence-electron chi connectivity index (χ1n) is 9.12. The van der Waals surface area contributed by atoms with E-state index in [1.807, 2.05) is 49.4 Å². The van der Waals surface area contributed by atoms with Crippen LogP contribution in [0.1, 0.15) is 34.1 Å². The predicted octanol–water partition coefficient (Wildman–Crippen LogP) is 2.51. The molecule has 1 aliphatic rings. The van der Waals surface area contributed by atoms with Gasteiger partial charge in [-0.1, -0.05) is 38.2 Å². The minimum atomic E-state index is -0.396. The first-order chi connectivity index (χ1) is 12.3. The number of allylic oxidation sites excluding steroid dienone is 4. The second-order valence-electron chi connectivity index (χ2n) is 7.19. The van der Waals surface area contributed by atoms with E-state index in [-0.39, 0.29) is 11.3 Å². The second kappa shape index (κ2) is 10.7. The van der Waals surface area contributed by atoms with Crippen LogP contribution in [0.4, 0.5) is 0 Å². The van der Waals surface area contributed by atoms with Gasteiger partial charge in [0.15, 0.2) is 0 Å². The number of hydrogen-bond acceptors (Lipinski definition) is 4. The van der Waals surface area contributed by atoms with Crippen LogP contribution in [-0.4, -0.2) is 55.1 Å². The third-order valence-corrected chi connectivity index (χ3v) is 4.03. The molecule has 0 spiro atoms. The van der Waals surface area contributed by atoms with Crippen LogP contribution in [0, 0.1) is 10.8 Å². The van der Waals surface area contributed by atoms with E-state index in [2.05, 4.69) is 35.5 Å². The van der Waals surface area contributed by atoms with E-state index in [0.29, 0.717) is 24.6 Å². The van der Waals surface area contributed by atoms with Gasteiger partial charge in [0.05, 0.1) is 5.71 Å². The highest BCUT2D eigenvalue weighted by molar-refractivity contribution is 6.38. The fraction of sp³-hybridized carbons (Fsp3) is 0.550. The highest BCUT2D eigenvalue weighted by Crippen LogP contribution is 2.21. The monoisotopic (exact) mass is 359 g/mol. The van der Waals surface area contributed by atoms with Crippen LogP contribution in [0.15, 0.2) is 41.6 Å². The van der Waals surface area contributed by atoms with E-state index in [0.717, 1.165) is 13.0 Å². The highest BCUT2D eigenvalue weighted by atomic mass is 16.1. The van der Waals surface area contributed by atoms with Crippen molar-refractivity contribution in [2.45, 2.75) is 40.2 Å². The molecule has 0 radical (unpaired) electrons. The van der Waals surface area contributed by atoms with Crippen molar-refractivity contribution >= 4 is 17.5 Å². The molecule has 3 N–H and O–H groups in total. The van der Waals surface area contributed by atoms with Gasteiger partial charge in [0.1, 0.15) is 11.9 Å². The topological polar surface area (TPSA) is 80.6 Å². The number of hydrogen-bond donors (Lipinski definition) is 3. The van der Waals surface area contributed by atoms with Gasteiger partial charge in [-0.2, -0.15) is 0 Å². The van der Waals surface area contributed by atoms with E-state index in [1.54, 1.807) is 6.92 Å². The van der Waals surface area contributed by atoms with Crippen molar-refractivity contribution in [1.82, 2.24) is 15.5 Å². The minimum Gasteiger partial charge on any atom is -0.351 e. The molecule has 0 aromatic carbocycles. The standard InChI is InChI=1S/C20H33N5O/c1-16(24-17(2)19(26)23-13-10-12-22-5)18(21)25-14-9-7-6-8-11-20(3,4)15-25/h6-9,11,14,16,21-22H,10,12-13,15H2,1-5H3,(H,23,26)/b7-6-,11-8+,14-9+,21-18?,24-17?. The summed E-state index contributed by atoms with van der Waals surface area (Å²) in [5.74, 6) is 0.201. The maximum Gasteiger partial charge on any atom is 0.264 e. The number of amides is 1. The Kier molecular flexibility index (Phi) is 8.99. The summed E-state index contributed by atoms with van der Waals surface area (Å²) in [5.41, 5.74) is 0.327. The van der Waals surface area contributed by atoms with Crippen LogP contribution in [0.5, 0.6) is 0 Å². The molecule has 26 heavy (non-hydrogen) atoms. The van der Waals surface area contributed by atoms with Crippen molar-refractivity contribution in [3.8, 4) is 0 Å². The van der Waals surface area contributed by atoms with Crippen LogP contribution in [0.25, 0.3) is 0 Å². The van der Waals surface area contributed by atoms with Crippen molar-refractivity contribution in [2.75, 3.05) is 26.7 Å². The van der Waals surface area contributed by atoms with Gasteiger partial charge in [-0.05, 0) is 39.9 Å². The lowest BCUT2D eigenvalue weighted by Gasteiger charge is -2.31. The molecule has 1 rings (SSSR count). The van der Waals surface area contributed by atoms with Crippen molar-refractivity contribution < 1.29 is 4.79 Å². The van der Waals surface area contributed by atoms with Crippen molar-refractivity contribution in [3.05, 3.63) is 36.6 Å². The summed E-state index contributed by atoms with van der Waals surface area (Å²) in [5, 5.41) is 14.4. The quantitative estimate of drug-likeness (QED) is 0.371. The van der Waals surface area contributed by atoms with Gasteiger partial charge in [0.25, 0.3) is 5.91 Å². The molecule has 1 atom stereocenters. The van der Waals surface area contributed by atoms with Crippen LogP contribution in [0.3, 0.4) is 0 Å². The van der Waals surface area contributed by atoms with Gasteiger partial charge in [0, 0.05) is 24.7 Å². The summed E-state index contributed by atoms with van der Waals surface area (Å²) in [6, 6.07) is -0.396. The number of aliphatic imine (C=N–C) groups is 1. The largest absolute Gasteiger partial charge is 0.351 e. The smallest absolute Gasteiger partial charge is 0.264 e. The summed E-state index contributed by atoms with van der Waals surface area (Å²) in [7, 11) is 1.88. The van der Waals surface area contributed by atoms with E-state index in [4.69, 9.17) is 5.41 Å². The highest BCUT2D eigenvalue weighted by Gasteiger charge is 2.23. The van der Waals surface area contributed by atoms with E-state index >= 15 is 0 Å². The molecule has 144 valence electrons. The van der Waals surface area contributed by atoms with Gasteiger partial charge in [-0.3, -0.25) is 15.2 Å². The molecule has 1 amide bonds. The van der Waals surface area contributed by atoms with Crippen molar-refractivity contribution in [2.24, 2.45) is 10.4 Å². The molecule has 0 aromatic heterocycles. The van der Waals surface area contributed by atoms with Gasteiger partial charge < -0.3 is 15.5 Å². The Bertz CT molecular complexity index is 601. The van der Waals surface area contributed by atoms with Gasteiger partial charge in [0.2, 0.25) is 0 Å². The first-order valence-corrected chi connectivity index (χ1v) is 9.12. The molecule has 6 nitrogen and oxygen atoms in total. The Balaban J connectivity index is 2.74. The van der Waals surface area contributed by atoms with Crippen LogP contribution < -0.4 is 10.6 Å². The minimum absolute atomic E-state index is 0.0749. The number of nitrogens with one attached hydrogen (secondary N) is 3. The molecule has 1 unspecified atom stereocenters. The molecule has 6 heteroatoms. The summed E-state index contributed by atoms with van der Waals surface area (Å²) in [6.45, 7) is 9.95. The Morgan fingerprint density at radius 1 is 1.27 bits per heavy atom. The van der Waals surface area contributed by atoms with Crippen LogP contribution >= 0.6 is 0 Å². The fourth-order valence-corrected chi connectivity index (χ4v) is 2.55. The number of carbonyl (C=O) groups is 1. The van der Waals surface area contributed by atoms with Crippen LogP contribution in [0.2, 0.25) is 0 Å². The maximum atomic E-state index is 12.1. The lowest BCUT2D eigenvalue weighted by Crippen LogP contribution is -2.39. The molecule has 0 saturated carbocycles. The molecule has 1 heterocycles. The fourth-order valence-electron chi connectivity index (χ4n) is 2.55. The molecule has 0 fully saturated rings. The Morgan fingerprint density at radius 3 is 2.65 bits per heavy atom. The zero-order chi connectivity index (χ0) is 19.6. The number of nitrogens with zero attached hydrogens (tertiary/aromatic N) is 2. The number of amidine groups is 1. The van der Waals surface area contributed by atoms with Gasteiger partial charge in [-0.15, -0.1) is 0 Å². The van der Waals surface area contributed by atoms with E-state index < -0.39 is 6.04 Å². The van der Waals surface area contributed by atoms with Crippen molar-refractivity contribution in [1.29, 1.82) is 5.41 Å². The number of rotatable bonds is 7. The molecule has 0 aliphatic carbocycles. The molecular weight excluding hydrogens is 326 g/mol. The third-order valence-electron chi connectivity index (χ3n) is 4.03. The summed E-state index contributed by atoms with van der Waals surface area (Å²) in [6.07, 6.45) is 12.8.